The van der Waals surface area contributed by atoms with Gasteiger partial charge in [-0.1, -0.05) is 12.1 Å². The van der Waals surface area contributed by atoms with Gasteiger partial charge in [-0.25, -0.2) is 4.39 Å². The van der Waals surface area contributed by atoms with Gasteiger partial charge in [0.05, 0.1) is 6.04 Å². The number of halogens is 1. The van der Waals surface area contributed by atoms with Gasteiger partial charge in [-0.3, -0.25) is 4.98 Å². The third kappa shape index (κ3) is 2.50. The van der Waals surface area contributed by atoms with Gasteiger partial charge in [0.2, 0.25) is 0 Å². The van der Waals surface area contributed by atoms with E-state index in [1.54, 1.807) is 18.3 Å². The maximum atomic E-state index is 13.2. The highest BCUT2D eigenvalue weighted by atomic mass is 19.1. The first-order chi connectivity index (χ1) is 8.22. The number of hydrogen-bond donors (Lipinski definition) is 1. The van der Waals surface area contributed by atoms with Crippen molar-refractivity contribution >= 4 is 0 Å². The minimum absolute atomic E-state index is 0.00583. The van der Waals surface area contributed by atoms with E-state index in [0.717, 1.165) is 16.7 Å². The summed E-state index contributed by atoms with van der Waals surface area (Å²) >= 11 is 0. The van der Waals surface area contributed by atoms with Crippen molar-refractivity contribution in [3.63, 3.8) is 0 Å². The number of nitrogens with one attached hydrogen (secondary N) is 1. The molecule has 1 aromatic heterocycles. The van der Waals surface area contributed by atoms with Crippen molar-refractivity contribution < 1.29 is 4.39 Å². The average Bonchev–Trinajstić information content (AvgIpc) is 2.33. The summed E-state index contributed by atoms with van der Waals surface area (Å²) in [7, 11) is 1.87. The first-order valence-corrected chi connectivity index (χ1v) is 5.55. The zero-order chi connectivity index (χ0) is 12.3. The van der Waals surface area contributed by atoms with Gasteiger partial charge in [0.1, 0.15) is 5.82 Å². The van der Waals surface area contributed by atoms with E-state index in [-0.39, 0.29) is 11.9 Å². The van der Waals surface area contributed by atoms with Crippen LogP contribution in [0.15, 0.2) is 42.7 Å². The van der Waals surface area contributed by atoms with Gasteiger partial charge in [0.15, 0.2) is 0 Å². The Kier molecular flexibility index (Phi) is 3.49. The Morgan fingerprint density at radius 1 is 1.29 bits per heavy atom. The smallest absolute Gasteiger partial charge is 0.123 e. The van der Waals surface area contributed by atoms with E-state index in [4.69, 9.17) is 0 Å². The molecule has 0 aliphatic rings. The zero-order valence-corrected chi connectivity index (χ0v) is 9.94. The van der Waals surface area contributed by atoms with Crippen LogP contribution in [-0.4, -0.2) is 12.0 Å². The summed E-state index contributed by atoms with van der Waals surface area (Å²) in [6.45, 7) is 2.01. The molecule has 17 heavy (non-hydrogen) atoms. The molecule has 1 heterocycles. The van der Waals surface area contributed by atoms with Crippen LogP contribution in [0.4, 0.5) is 4.39 Å². The summed E-state index contributed by atoms with van der Waals surface area (Å²) in [5.41, 5.74) is 3.13. The topological polar surface area (TPSA) is 24.9 Å². The van der Waals surface area contributed by atoms with Gasteiger partial charge < -0.3 is 5.32 Å². The monoisotopic (exact) mass is 230 g/mol. The second-order valence-corrected chi connectivity index (χ2v) is 4.01. The van der Waals surface area contributed by atoms with Crippen LogP contribution in [0.1, 0.15) is 22.7 Å². The van der Waals surface area contributed by atoms with Crippen molar-refractivity contribution in [2.24, 2.45) is 0 Å². The summed E-state index contributed by atoms with van der Waals surface area (Å²) in [5.74, 6) is -0.213. The van der Waals surface area contributed by atoms with E-state index in [9.17, 15) is 4.39 Å². The number of aromatic nitrogens is 1. The van der Waals surface area contributed by atoms with Crippen LogP contribution in [-0.2, 0) is 0 Å². The third-order valence-electron chi connectivity index (χ3n) is 2.85. The molecule has 1 aromatic carbocycles. The van der Waals surface area contributed by atoms with E-state index in [0.29, 0.717) is 0 Å². The second-order valence-electron chi connectivity index (χ2n) is 4.01. The van der Waals surface area contributed by atoms with E-state index < -0.39 is 0 Å². The Bertz CT molecular complexity index is 511. The lowest BCUT2D eigenvalue weighted by atomic mass is 9.96. The molecule has 0 spiro atoms. The molecule has 0 aliphatic heterocycles. The fourth-order valence-corrected chi connectivity index (χ4v) is 2.00. The quantitative estimate of drug-likeness (QED) is 0.877. The molecule has 0 fully saturated rings. The molecule has 88 valence electrons. The van der Waals surface area contributed by atoms with Gasteiger partial charge in [0, 0.05) is 12.4 Å². The highest BCUT2D eigenvalue weighted by Gasteiger charge is 2.14. The van der Waals surface area contributed by atoms with Crippen LogP contribution in [0, 0.1) is 12.7 Å². The number of rotatable bonds is 3. The van der Waals surface area contributed by atoms with Crippen molar-refractivity contribution in [3.05, 3.63) is 65.2 Å². The summed E-state index contributed by atoms with van der Waals surface area (Å²) < 4.78 is 13.2. The molecular weight excluding hydrogens is 215 g/mol. The predicted molar refractivity (Wildman–Crippen MR) is 66.3 cm³/mol. The Labute approximate surface area is 101 Å². The zero-order valence-electron chi connectivity index (χ0n) is 9.94. The predicted octanol–water partition coefficient (Wildman–Crippen LogP) is 2.84. The van der Waals surface area contributed by atoms with Crippen LogP contribution in [0.3, 0.4) is 0 Å². The lowest BCUT2D eigenvalue weighted by Crippen LogP contribution is -2.18. The minimum atomic E-state index is -0.213. The lowest BCUT2D eigenvalue weighted by Gasteiger charge is -2.19. The number of nitrogens with zero attached hydrogens (tertiary/aromatic N) is 1. The molecule has 2 aromatic rings. The molecule has 0 saturated heterocycles. The highest BCUT2D eigenvalue weighted by molar-refractivity contribution is 5.35. The molecule has 1 N–H and O–H groups in total. The number of pyridine rings is 1. The van der Waals surface area contributed by atoms with Crippen molar-refractivity contribution in [2.45, 2.75) is 13.0 Å². The number of benzene rings is 1. The molecular formula is C14H15FN2. The molecule has 0 radical (unpaired) electrons. The van der Waals surface area contributed by atoms with Gasteiger partial charge in [-0.2, -0.15) is 0 Å². The molecule has 1 atom stereocenters. The molecule has 0 saturated carbocycles. The van der Waals surface area contributed by atoms with Crippen LogP contribution in [0.2, 0.25) is 0 Å². The third-order valence-corrected chi connectivity index (χ3v) is 2.85. The van der Waals surface area contributed by atoms with Crippen LogP contribution < -0.4 is 5.32 Å². The van der Waals surface area contributed by atoms with Crippen molar-refractivity contribution in [1.29, 1.82) is 0 Å². The Balaban J connectivity index is 2.44. The minimum Gasteiger partial charge on any atom is -0.309 e. The lowest BCUT2D eigenvalue weighted by molar-refractivity contribution is 0.616. The van der Waals surface area contributed by atoms with Crippen LogP contribution in [0.5, 0.6) is 0 Å². The SMILES string of the molecule is CNC(c1cccc(F)c1)c1ccncc1C. The van der Waals surface area contributed by atoms with Gasteiger partial charge >= 0.3 is 0 Å². The largest absolute Gasteiger partial charge is 0.309 e. The normalized spacial score (nSPS) is 12.4. The molecule has 0 bridgehead atoms. The molecule has 2 nitrogen and oxygen atoms in total. The summed E-state index contributed by atoms with van der Waals surface area (Å²) in [6.07, 6.45) is 3.57. The summed E-state index contributed by atoms with van der Waals surface area (Å²) in [4.78, 5) is 4.07. The molecule has 3 heteroatoms. The van der Waals surface area contributed by atoms with Gasteiger partial charge in [0.25, 0.3) is 0 Å². The van der Waals surface area contributed by atoms with E-state index in [1.807, 2.05) is 32.3 Å². The van der Waals surface area contributed by atoms with Crippen LogP contribution in [0.25, 0.3) is 0 Å². The van der Waals surface area contributed by atoms with Crippen molar-refractivity contribution in [2.75, 3.05) is 7.05 Å². The summed E-state index contributed by atoms with van der Waals surface area (Å²) in [5, 5.41) is 3.21. The first-order valence-electron chi connectivity index (χ1n) is 5.55. The maximum absolute atomic E-state index is 13.2. The fourth-order valence-electron chi connectivity index (χ4n) is 2.00. The fraction of sp³-hybridized carbons (Fsp3) is 0.214. The Morgan fingerprint density at radius 3 is 2.76 bits per heavy atom. The van der Waals surface area contributed by atoms with E-state index in [2.05, 4.69) is 10.3 Å². The molecule has 0 amide bonds. The van der Waals surface area contributed by atoms with Gasteiger partial charge in [-0.15, -0.1) is 0 Å². The van der Waals surface area contributed by atoms with Crippen molar-refractivity contribution in [3.8, 4) is 0 Å². The molecule has 0 aliphatic carbocycles. The average molecular weight is 230 g/mol. The standard InChI is InChI=1S/C14H15FN2/c1-10-9-17-7-6-13(10)14(16-2)11-4-3-5-12(15)8-11/h3-9,14,16H,1-2H3. The Hall–Kier alpha value is -1.74. The highest BCUT2D eigenvalue weighted by Crippen LogP contribution is 2.24. The van der Waals surface area contributed by atoms with E-state index in [1.165, 1.54) is 6.07 Å². The summed E-state index contributed by atoms with van der Waals surface area (Å²) in [6, 6.07) is 8.61. The second kappa shape index (κ2) is 5.06. The maximum Gasteiger partial charge on any atom is 0.123 e. The van der Waals surface area contributed by atoms with Gasteiger partial charge in [-0.05, 0) is 48.9 Å². The first kappa shape index (κ1) is 11.7. The number of aryl methyl sites for hydroxylation is 1. The van der Waals surface area contributed by atoms with Crippen molar-refractivity contribution in [1.82, 2.24) is 10.3 Å². The number of hydrogen-bond acceptors (Lipinski definition) is 2. The Morgan fingerprint density at radius 2 is 2.12 bits per heavy atom. The molecule has 1 unspecified atom stereocenters. The molecule has 2 rings (SSSR count). The van der Waals surface area contributed by atoms with Crippen LogP contribution >= 0.6 is 0 Å². The van der Waals surface area contributed by atoms with E-state index >= 15 is 0 Å².